The highest BCUT2D eigenvalue weighted by atomic mass is 16.6. The van der Waals surface area contributed by atoms with E-state index in [1.54, 1.807) is 5.57 Å². The van der Waals surface area contributed by atoms with Crippen LogP contribution in [0.2, 0.25) is 0 Å². The van der Waals surface area contributed by atoms with Crippen molar-refractivity contribution in [1.29, 1.82) is 0 Å². The van der Waals surface area contributed by atoms with Gasteiger partial charge < -0.3 is 37.9 Å². The maximum atomic E-state index is 6.52. The van der Waals surface area contributed by atoms with Crippen molar-refractivity contribution < 1.29 is 37.9 Å². The zero-order valence-electron chi connectivity index (χ0n) is 46.4. The van der Waals surface area contributed by atoms with Gasteiger partial charge in [-0.2, -0.15) is 0 Å². The molecule has 0 amide bonds. The van der Waals surface area contributed by atoms with Crippen molar-refractivity contribution in [3.63, 3.8) is 0 Å². The minimum absolute atomic E-state index is 0.103. The maximum absolute atomic E-state index is 6.52. The molecule has 0 bridgehead atoms. The van der Waals surface area contributed by atoms with Crippen LogP contribution in [0.25, 0.3) is 0 Å². The summed E-state index contributed by atoms with van der Waals surface area (Å²) in [7, 11) is 0. The Morgan fingerprint density at radius 2 is 0.840 bits per heavy atom. The summed E-state index contributed by atoms with van der Waals surface area (Å²) in [4.78, 5) is 0. The van der Waals surface area contributed by atoms with Crippen molar-refractivity contribution in [1.82, 2.24) is 0 Å². The van der Waals surface area contributed by atoms with Gasteiger partial charge in [0.05, 0.1) is 32.2 Å². The van der Waals surface area contributed by atoms with E-state index < -0.39 is 0 Å². The molecule has 10 rings (SSSR count). The van der Waals surface area contributed by atoms with E-state index in [1.807, 2.05) is 0 Å². The predicted octanol–water partition coefficient (Wildman–Crippen LogP) is 14.4. The van der Waals surface area contributed by atoms with Gasteiger partial charge in [-0.25, -0.2) is 0 Å². The molecular weight excluding hydrogens is 933 g/mol. The van der Waals surface area contributed by atoms with E-state index in [0.717, 1.165) is 149 Å². The average molecular weight is 1020 g/mol. The molecule has 0 N–H and O–H groups in total. The number of ether oxygens (including phenoxy) is 8. The summed E-state index contributed by atoms with van der Waals surface area (Å²) in [5, 5.41) is 0. The number of hydrogen-bond donors (Lipinski definition) is 0. The van der Waals surface area contributed by atoms with E-state index in [0.29, 0.717) is 38.3 Å². The summed E-state index contributed by atoms with van der Waals surface area (Å²) in [6.07, 6.45) is 17.4. The Morgan fingerprint density at radius 1 is 0.493 bits per heavy atom. The van der Waals surface area contributed by atoms with Gasteiger partial charge in [-0.15, -0.1) is 0 Å². The fraction of sp³-hybridized carbons (Fsp3) is 0.552. The molecule has 4 saturated heterocycles. The molecule has 4 atom stereocenters. The van der Waals surface area contributed by atoms with E-state index in [9.17, 15) is 0 Å². The minimum atomic E-state index is -0.183. The second kappa shape index (κ2) is 22.6. The van der Waals surface area contributed by atoms with Gasteiger partial charge in [0.1, 0.15) is 68.1 Å². The van der Waals surface area contributed by atoms with Crippen LogP contribution in [0.15, 0.2) is 126 Å². The molecule has 3 aromatic rings. The van der Waals surface area contributed by atoms with Crippen molar-refractivity contribution >= 4 is 0 Å². The normalized spacial score (nSPS) is 27.9. The van der Waals surface area contributed by atoms with E-state index in [2.05, 4.69) is 129 Å². The Balaban J connectivity index is 0.948. The Bertz CT molecular complexity index is 2590. The molecule has 0 spiro atoms. The lowest BCUT2D eigenvalue weighted by Crippen LogP contribution is -2.43. The van der Waals surface area contributed by atoms with Crippen molar-refractivity contribution in [3.05, 3.63) is 160 Å². The van der Waals surface area contributed by atoms with Crippen molar-refractivity contribution in [3.8, 4) is 17.2 Å². The van der Waals surface area contributed by atoms with Crippen LogP contribution in [-0.4, -0.2) is 77.3 Å². The standard InChI is InChI=1S/C67H86O8/c1-43(2)27-47-31-53(11-15-61(47)72-39-57-35-68-57)66(54-12-16-62(73-40-58-36-69-58)48(32-54)28-44(3)4)23-19-51(20-24-66)65(9,10)52-21-25-67(26-22-52,55-13-17-63(74-41-59-37-70-59)49(33-55)29-45(5)6)56-14-18-64(75-42-60-38-71-60)50(34-56)30-46(7)8/h11-13,15-17,31-34,51-52,57-60H,1,3,5,7,14,18-30,35-42H2,2,4,6,8-10H3. The first-order chi connectivity index (χ1) is 36.1. The summed E-state index contributed by atoms with van der Waals surface area (Å²) >= 11 is 0. The molecule has 0 aromatic heterocycles. The highest BCUT2D eigenvalue weighted by Crippen LogP contribution is 2.59. The van der Waals surface area contributed by atoms with Crippen LogP contribution in [0.3, 0.4) is 0 Å². The van der Waals surface area contributed by atoms with Crippen LogP contribution in [0.5, 0.6) is 17.2 Å². The molecule has 8 nitrogen and oxygen atoms in total. The molecule has 4 aliphatic heterocycles. The highest BCUT2D eigenvalue weighted by molar-refractivity contribution is 5.52. The molecule has 6 fully saturated rings. The van der Waals surface area contributed by atoms with Crippen molar-refractivity contribution in [2.75, 3.05) is 52.9 Å². The van der Waals surface area contributed by atoms with Crippen LogP contribution in [0.4, 0.5) is 0 Å². The third-order valence-corrected chi connectivity index (χ3v) is 17.9. The molecule has 3 aliphatic carbocycles. The first-order valence-corrected chi connectivity index (χ1v) is 28.5. The lowest BCUT2D eigenvalue weighted by atomic mass is 9.52. The Hall–Kier alpha value is -4.86. The van der Waals surface area contributed by atoms with E-state index >= 15 is 0 Å². The van der Waals surface area contributed by atoms with E-state index in [4.69, 9.17) is 37.9 Å². The second-order valence-electron chi connectivity index (χ2n) is 24.7. The third kappa shape index (κ3) is 12.9. The van der Waals surface area contributed by atoms with Gasteiger partial charge in [0.2, 0.25) is 0 Å². The van der Waals surface area contributed by atoms with E-state index in [1.165, 1.54) is 51.8 Å². The van der Waals surface area contributed by atoms with E-state index in [-0.39, 0.29) is 40.7 Å². The molecule has 8 heteroatoms. The smallest absolute Gasteiger partial charge is 0.122 e. The molecule has 402 valence electrons. The van der Waals surface area contributed by atoms with Gasteiger partial charge in [-0.3, -0.25) is 0 Å². The first kappa shape index (κ1) is 53.5. The summed E-state index contributed by atoms with van der Waals surface area (Å²) in [5.41, 5.74) is 15.0. The topological polar surface area (TPSA) is 87.0 Å². The molecule has 4 unspecified atom stereocenters. The third-order valence-electron chi connectivity index (χ3n) is 17.9. The van der Waals surface area contributed by atoms with Crippen LogP contribution >= 0.6 is 0 Å². The maximum Gasteiger partial charge on any atom is 0.122 e. The zero-order chi connectivity index (χ0) is 52.5. The fourth-order valence-electron chi connectivity index (χ4n) is 13.2. The molecule has 75 heavy (non-hydrogen) atoms. The van der Waals surface area contributed by atoms with Gasteiger partial charge in [0.15, 0.2) is 0 Å². The van der Waals surface area contributed by atoms with Crippen LogP contribution in [-0.2, 0) is 53.8 Å². The van der Waals surface area contributed by atoms with Crippen molar-refractivity contribution in [2.45, 2.75) is 167 Å². The number of hydrogen-bond acceptors (Lipinski definition) is 8. The predicted molar refractivity (Wildman–Crippen MR) is 300 cm³/mol. The monoisotopic (exact) mass is 1020 g/mol. The second-order valence-corrected chi connectivity index (χ2v) is 24.7. The summed E-state index contributed by atoms with van der Waals surface area (Å²) in [5.74, 6) is 5.12. The van der Waals surface area contributed by atoms with Gasteiger partial charge >= 0.3 is 0 Å². The number of allylic oxidation sites excluding steroid dienone is 8. The Morgan fingerprint density at radius 3 is 1.20 bits per heavy atom. The zero-order valence-corrected chi connectivity index (χ0v) is 46.4. The molecule has 4 heterocycles. The molecule has 0 radical (unpaired) electrons. The fourth-order valence-corrected chi connectivity index (χ4v) is 13.2. The van der Waals surface area contributed by atoms with Gasteiger partial charge in [0.25, 0.3) is 0 Å². The van der Waals surface area contributed by atoms with Crippen LogP contribution in [0.1, 0.15) is 146 Å². The minimum Gasteiger partial charge on any atom is -0.495 e. The summed E-state index contributed by atoms with van der Waals surface area (Å²) in [6.45, 7) is 36.7. The number of epoxide rings is 4. The SMILES string of the molecule is C=C(C)CC1=C(OCC2CO2)CCC(C2(c3ccc(OCC4CO4)c(CC(=C)C)c3)CCC(C(C)(C)C3CCC(c4ccc(OCC5CO5)c(CC(=C)C)c4)(c4ccc(OCC5CO5)c(CC(=C)C)c4)CC3)CC2)=C1. The Labute approximate surface area is 449 Å². The van der Waals surface area contributed by atoms with Crippen LogP contribution < -0.4 is 14.2 Å². The van der Waals surface area contributed by atoms with Crippen LogP contribution in [0, 0.1) is 17.3 Å². The molecule has 2 saturated carbocycles. The molecule has 3 aromatic carbocycles. The number of benzene rings is 3. The van der Waals surface area contributed by atoms with Crippen molar-refractivity contribution in [2.24, 2.45) is 17.3 Å². The van der Waals surface area contributed by atoms with Gasteiger partial charge in [-0.05, 0) is 186 Å². The Kier molecular flexibility index (Phi) is 16.1. The summed E-state index contributed by atoms with van der Waals surface area (Å²) in [6, 6.07) is 21.2. The average Bonchev–Trinajstić information content (AvgIpc) is 4.16. The molecule has 7 aliphatic rings. The number of rotatable bonds is 26. The highest BCUT2D eigenvalue weighted by Gasteiger charge is 2.49. The quantitative estimate of drug-likeness (QED) is 0.0581. The van der Waals surface area contributed by atoms with Gasteiger partial charge in [-0.1, -0.05) is 111 Å². The lowest BCUT2D eigenvalue weighted by Gasteiger charge is -2.52. The molecular formula is C67H86O8. The first-order valence-electron chi connectivity index (χ1n) is 28.5. The summed E-state index contributed by atoms with van der Waals surface area (Å²) < 4.78 is 48.0. The van der Waals surface area contributed by atoms with Gasteiger partial charge in [0, 0.05) is 17.3 Å². The largest absolute Gasteiger partial charge is 0.495 e. The lowest BCUT2D eigenvalue weighted by molar-refractivity contribution is 0.0355.